The largest absolute Gasteiger partial charge is 0.497 e. The molecule has 0 aliphatic heterocycles. The van der Waals surface area contributed by atoms with Crippen molar-refractivity contribution in [3.05, 3.63) is 65.2 Å². The molecular formula is C22H28N2O3. The zero-order valence-electron chi connectivity index (χ0n) is 16.5. The van der Waals surface area contributed by atoms with Crippen LogP contribution >= 0.6 is 0 Å². The van der Waals surface area contributed by atoms with Crippen LogP contribution in [0.4, 0.5) is 0 Å². The van der Waals surface area contributed by atoms with Crippen molar-refractivity contribution in [3.8, 4) is 5.75 Å². The zero-order valence-corrected chi connectivity index (χ0v) is 16.5. The van der Waals surface area contributed by atoms with Gasteiger partial charge in [-0.15, -0.1) is 0 Å². The summed E-state index contributed by atoms with van der Waals surface area (Å²) in [5, 5.41) is 2.68. The van der Waals surface area contributed by atoms with Gasteiger partial charge in [-0.05, 0) is 42.2 Å². The van der Waals surface area contributed by atoms with Crippen LogP contribution in [0.5, 0.6) is 5.75 Å². The van der Waals surface area contributed by atoms with Gasteiger partial charge in [0.05, 0.1) is 13.5 Å². The highest BCUT2D eigenvalue weighted by molar-refractivity contribution is 5.88. The maximum atomic E-state index is 13.1. The van der Waals surface area contributed by atoms with Crippen molar-refractivity contribution in [2.45, 2.75) is 39.3 Å². The van der Waals surface area contributed by atoms with Crippen LogP contribution in [-0.2, 0) is 22.6 Å². The first-order valence-electron chi connectivity index (χ1n) is 9.18. The van der Waals surface area contributed by atoms with Gasteiger partial charge in [0.1, 0.15) is 11.8 Å². The molecule has 0 aliphatic carbocycles. The molecule has 2 rings (SSSR count). The normalized spacial score (nSPS) is 11.6. The molecule has 5 nitrogen and oxygen atoms in total. The number of benzene rings is 2. The van der Waals surface area contributed by atoms with Gasteiger partial charge < -0.3 is 15.0 Å². The third-order valence-corrected chi connectivity index (χ3v) is 4.75. The summed E-state index contributed by atoms with van der Waals surface area (Å²) < 4.78 is 5.19. The molecule has 0 aliphatic rings. The van der Waals surface area contributed by atoms with E-state index in [1.807, 2.05) is 62.4 Å². The van der Waals surface area contributed by atoms with Crippen molar-refractivity contribution in [2.24, 2.45) is 0 Å². The van der Waals surface area contributed by atoms with Gasteiger partial charge in [-0.25, -0.2) is 0 Å². The lowest BCUT2D eigenvalue weighted by Gasteiger charge is -2.30. The number of rotatable bonds is 8. The second-order valence-electron chi connectivity index (χ2n) is 6.51. The highest BCUT2D eigenvalue weighted by Gasteiger charge is 2.28. The number of hydrogen-bond donors (Lipinski definition) is 1. The Bertz CT molecular complexity index is 771. The minimum absolute atomic E-state index is 0.0597. The van der Waals surface area contributed by atoms with E-state index in [9.17, 15) is 9.59 Å². The predicted molar refractivity (Wildman–Crippen MR) is 107 cm³/mol. The van der Waals surface area contributed by atoms with Crippen LogP contribution in [0.15, 0.2) is 48.5 Å². The lowest BCUT2D eigenvalue weighted by Crippen LogP contribution is -2.48. The Morgan fingerprint density at radius 1 is 1.11 bits per heavy atom. The molecule has 2 amide bonds. The van der Waals surface area contributed by atoms with Crippen molar-refractivity contribution >= 4 is 11.8 Å². The van der Waals surface area contributed by atoms with Gasteiger partial charge in [-0.2, -0.15) is 0 Å². The van der Waals surface area contributed by atoms with E-state index >= 15 is 0 Å². The van der Waals surface area contributed by atoms with Gasteiger partial charge in [0.15, 0.2) is 0 Å². The van der Waals surface area contributed by atoms with Crippen molar-refractivity contribution in [3.63, 3.8) is 0 Å². The van der Waals surface area contributed by atoms with Crippen LogP contribution < -0.4 is 10.1 Å². The van der Waals surface area contributed by atoms with Gasteiger partial charge in [-0.3, -0.25) is 9.59 Å². The van der Waals surface area contributed by atoms with E-state index in [1.54, 1.807) is 19.1 Å². The summed E-state index contributed by atoms with van der Waals surface area (Å²) in [4.78, 5) is 27.2. The molecule has 0 saturated carbocycles. The summed E-state index contributed by atoms with van der Waals surface area (Å²) in [6.45, 7) is 4.29. The number of nitrogens with zero attached hydrogens (tertiary/aromatic N) is 1. The fraction of sp³-hybridized carbons (Fsp3) is 0.364. The standard InChI is InChI=1S/C22H28N2O3/c1-5-20(22(26)23-3)24(15-17-10-12-19(27-4)13-11-17)21(25)14-18-9-7-6-8-16(18)2/h6-13,20H,5,14-15H2,1-4H3,(H,23,26)/t20-/m0/s1. The Morgan fingerprint density at radius 2 is 1.78 bits per heavy atom. The number of carbonyl (C=O) groups excluding carboxylic acids is 2. The Balaban J connectivity index is 2.28. The van der Waals surface area contributed by atoms with Crippen LogP contribution in [0.1, 0.15) is 30.0 Å². The maximum Gasteiger partial charge on any atom is 0.242 e. The molecule has 0 spiro atoms. The SMILES string of the molecule is CC[C@@H](C(=O)NC)N(Cc1ccc(OC)cc1)C(=O)Cc1ccccc1C. The van der Waals surface area contributed by atoms with E-state index in [1.165, 1.54) is 0 Å². The van der Waals surface area contributed by atoms with E-state index in [0.29, 0.717) is 13.0 Å². The molecule has 0 aromatic heterocycles. The number of methoxy groups -OCH3 is 1. The summed E-state index contributed by atoms with van der Waals surface area (Å²) in [6, 6.07) is 14.9. The lowest BCUT2D eigenvalue weighted by molar-refractivity contribution is -0.140. The van der Waals surface area contributed by atoms with Gasteiger partial charge in [-0.1, -0.05) is 43.3 Å². The molecule has 0 bridgehead atoms. The fourth-order valence-corrected chi connectivity index (χ4v) is 3.09. The van der Waals surface area contributed by atoms with Gasteiger partial charge >= 0.3 is 0 Å². The molecule has 0 fully saturated rings. The zero-order chi connectivity index (χ0) is 19.8. The van der Waals surface area contributed by atoms with E-state index in [-0.39, 0.29) is 18.2 Å². The second-order valence-corrected chi connectivity index (χ2v) is 6.51. The molecule has 5 heteroatoms. The van der Waals surface area contributed by atoms with Crippen LogP contribution in [0.25, 0.3) is 0 Å². The topological polar surface area (TPSA) is 58.6 Å². The number of hydrogen-bond acceptors (Lipinski definition) is 3. The molecule has 1 atom stereocenters. The second kappa shape index (κ2) is 9.76. The third kappa shape index (κ3) is 5.33. The van der Waals surface area contributed by atoms with E-state index in [2.05, 4.69) is 5.32 Å². The molecule has 2 aromatic carbocycles. The van der Waals surface area contributed by atoms with Crippen molar-refractivity contribution in [1.82, 2.24) is 10.2 Å². The molecule has 0 unspecified atom stereocenters. The monoisotopic (exact) mass is 368 g/mol. The number of carbonyl (C=O) groups is 2. The van der Waals surface area contributed by atoms with Crippen LogP contribution in [0, 0.1) is 6.92 Å². The smallest absolute Gasteiger partial charge is 0.242 e. The average Bonchev–Trinajstić information content (AvgIpc) is 2.69. The van der Waals surface area contributed by atoms with Crippen molar-refractivity contribution in [2.75, 3.05) is 14.2 Å². The summed E-state index contributed by atoms with van der Waals surface area (Å²) >= 11 is 0. The Labute approximate surface area is 161 Å². The van der Waals surface area contributed by atoms with Crippen molar-refractivity contribution in [1.29, 1.82) is 0 Å². The molecule has 0 saturated heterocycles. The number of nitrogens with one attached hydrogen (secondary N) is 1. The number of likely N-dealkylation sites (N-methyl/N-ethyl adjacent to an activating group) is 1. The summed E-state index contributed by atoms with van der Waals surface area (Å²) in [5.74, 6) is 0.551. The first-order chi connectivity index (χ1) is 13.0. The van der Waals surface area contributed by atoms with Gasteiger partial charge in [0.2, 0.25) is 11.8 Å². The maximum absolute atomic E-state index is 13.1. The number of amides is 2. The summed E-state index contributed by atoms with van der Waals surface area (Å²) in [5.41, 5.74) is 3.01. The van der Waals surface area contributed by atoms with Crippen LogP contribution in [0.2, 0.25) is 0 Å². The Hall–Kier alpha value is -2.82. The summed E-state index contributed by atoms with van der Waals surface area (Å²) in [6.07, 6.45) is 0.825. The van der Waals surface area contributed by atoms with Crippen LogP contribution in [-0.4, -0.2) is 36.9 Å². The predicted octanol–water partition coefficient (Wildman–Crippen LogP) is 3.10. The molecular weight excluding hydrogens is 340 g/mol. The van der Waals surface area contributed by atoms with Crippen molar-refractivity contribution < 1.29 is 14.3 Å². The highest BCUT2D eigenvalue weighted by Crippen LogP contribution is 2.18. The first kappa shape index (κ1) is 20.5. The highest BCUT2D eigenvalue weighted by atomic mass is 16.5. The molecule has 144 valence electrons. The van der Waals surface area contributed by atoms with Gasteiger partial charge in [0.25, 0.3) is 0 Å². The molecule has 27 heavy (non-hydrogen) atoms. The van der Waals surface area contributed by atoms with E-state index < -0.39 is 6.04 Å². The van der Waals surface area contributed by atoms with E-state index in [0.717, 1.165) is 22.4 Å². The minimum atomic E-state index is -0.506. The third-order valence-electron chi connectivity index (χ3n) is 4.75. The van der Waals surface area contributed by atoms with E-state index in [4.69, 9.17) is 4.74 Å². The average molecular weight is 368 g/mol. The molecule has 0 radical (unpaired) electrons. The van der Waals surface area contributed by atoms with Crippen LogP contribution in [0.3, 0.4) is 0 Å². The Morgan fingerprint density at radius 3 is 2.33 bits per heavy atom. The summed E-state index contributed by atoms with van der Waals surface area (Å²) in [7, 11) is 3.22. The fourth-order valence-electron chi connectivity index (χ4n) is 3.09. The lowest BCUT2D eigenvalue weighted by atomic mass is 10.0. The van der Waals surface area contributed by atoms with Gasteiger partial charge in [0, 0.05) is 13.6 Å². The Kier molecular flexibility index (Phi) is 7.41. The molecule has 0 heterocycles. The molecule has 1 N–H and O–H groups in total. The number of ether oxygens (including phenoxy) is 1. The minimum Gasteiger partial charge on any atom is -0.497 e. The number of aryl methyl sites for hydroxylation is 1. The quantitative estimate of drug-likeness (QED) is 0.779. The molecule has 2 aromatic rings. The first-order valence-corrected chi connectivity index (χ1v) is 9.18.